The van der Waals surface area contributed by atoms with Gasteiger partial charge in [0.25, 0.3) is 10.0 Å². The average Bonchev–Trinajstić information content (AvgIpc) is 3.29. The van der Waals surface area contributed by atoms with Gasteiger partial charge in [-0.1, -0.05) is 37.3 Å². The molecule has 0 aliphatic heterocycles. The van der Waals surface area contributed by atoms with Crippen LogP contribution in [0, 0.1) is 13.8 Å². The molecule has 4 rings (SSSR count). The third kappa shape index (κ3) is 6.38. The van der Waals surface area contributed by atoms with E-state index in [0.717, 1.165) is 11.1 Å². The van der Waals surface area contributed by atoms with Crippen LogP contribution in [0.1, 0.15) is 45.4 Å². The van der Waals surface area contributed by atoms with Gasteiger partial charge in [0.05, 0.1) is 35.4 Å². The number of rotatable bonds is 9. The quantitative estimate of drug-likeness (QED) is 0.188. The molecular weight excluding hydrogens is 516 g/mol. The van der Waals surface area contributed by atoms with Gasteiger partial charge in [-0.05, 0) is 79.4 Å². The topological polar surface area (TPSA) is 119 Å². The summed E-state index contributed by atoms with van der Waals surface area (Å²) in [7, 11) is -2.75. The van der Waals surface area contributed by atoms with E-state index in [0.29, 0.717) is 40.6 Å². The van der Waals surface area contributed by atoms with Gasteiger partial charge in [0.15, 0.2) is 0 Å². The number of aliphatic hydroxyl groups is 1. The highest BCUT2D eigenvalue weighted by atomic mass is 32.2. The number of carbonyl (C=O) groups is 1. The number of hydrogen-bond donors (Lipinski definition) is 2. The molecule has 9 heteroatoms. The highest BCUT2D eigenvalue weighted by Crippen LogP contribution is 2.26. The van der Waals surface area contributed by atoms with Crippen molar-refractivity contribution >= 4 is 27.8 Å². The molecule has 2 N–H and O–H groups in total. The van der Waals surface area contributed by atoms with Crippen molar-refractivity contribution in [2.45, 2.75) is 38.5 Å². The normalized spacial score (nSPS) is 11.8. The van der Waals surface area contributed by atoms with Gasteiger partial charge in [-0.2, -0.15) is 0 Å². The molecule has 0 spiro atoms. The Kier molecular flexibility index (Phi) is 8.21. The fourth-order valence-electron chi connectivity index (χ4n) is 4.10. The van der Waals surface area contributed by atoms with Gasteiger partial charge in [-0.15, -0.1) is 0 Å². The molecule has 1 heterocycles. The molecule has 4 aromatic rings. The standard InChI is InChI=1S/C30H30N2O6S/c1-5-21-12-14-26(18-27(21)30(34)37-4)39(35,36)32-24-13-11-19(2)23(15-24)16-25(33)17-28-20(3)38-29(31-28)22-9-7-6-8-10-22/h6-16,18,32-33H,5,17H2,1-4H3/b25-16-. The molecule has 0 atom stereocenters. The van der Waals surface area contributed by atoms with Gasteiger partial charge in [-0.25, -0.2) is 18.2 Å². The average molecular weight is 547 g/mol. The number of carbonyl (C=O) groups excluding carboxylic acids is 1. The number of esters is 1. The van der Waals surface area contributed by atoms with E-state index >= 15 is 0 Å². The summed E-state index contributed by atoms with van der Waals surface area (Å²) in [6.07, 6.45) is 2.28. The van der Waals surface area contributed by atoms with Gasteiger partial charge >= 0.3 is 5.97 Å². The molecule has 0 amide bonds. The van der Waals surface area contributed by atoms with Gasteiger partial charge in [0.2, 0.25) is 5.89 Å². The number of oxazole rings is 1. The number of aryl methyl sites for hydroxylation is 3. The van der Waals surface area contributed by atoms with Crippen LogP contribution in [0.25, 0.3) is 17.5 Å². The fourth-order valence-corrected chi connectivity index (χ4v) is 5.18. The van der Waals surface area contributed by atoms with Crippen molar-refractivity contribution in [1.82, 2.24) is 4.98 Å². The van der Waals surface area contributed by atoms with Crippen LogP contribution in [-0.2, 0) is 27.6 Å². The molecule has 8 nitrogen and oxygen atoms in total. The van der Waals surface area contributed by atoms with E-state index in [1.165, 1.54) is 19.2 Å². The maximum absolute atomic E-state index is 13.1. The minimum atomic E-state index is -4.00. The summed E-state index contributed by atoms with van der Waals surface area (Å²) >= 11 is 0. The number of anilines is 1. The predicted octanol–water partition coefficient (Wildman–Crippen LogP) is 6.25. The molecule has 0 aliphatic carbocycles. The lowest BCUT2D eigenvalue weighted by molar-refractivity contribution is 0.0599. The summed E-state index contributed by atoms with van der Waals surface area (Å²) in [4.78, 5) is 16.6. The Morgan fingerprint density at radius 3 is 2.51 bits per heavy atom. The highest BCUT2D eigenvalue weighted by Gasteiger charge is 2.20. The number of methoxy groups -OCH3 is 1. The Balaban J connectivity index is 1.56. The predicted molar refractivity (Wildman–Crippen MR) is 150 cm³/mol. The molecule has 1 aromatic heterocycles. The Bertz CT molecular complexity index is 1640. The van der Waals surface area contributed by atoms with Gasteiger partial charge in [0, 0.05) is 11.3 Å². The summed E-state index contributed by atoms with van der Waals surface area (Å²) in [5.41, 5.74) is 4.13. The third-order valence-corrected chi connectivity index (χ3v) is 7.67. The first-order valence-electron chi connectivity index (χ1n) is 12.4. The molecule has 0 fully saturated rings. The molecule has 39 heavy (non-hydrogen) atoms. The largest absolute Gasteiger partial charge is 0.512 e. The second-order valence-corrected chi connectivity index (χ2v) is 10.7. The number of nitrogens with one attached hydrogen (secondary N) is 1. The second-order valence-electron chi connectivity index (χ2n) is 9.04. The summed E-state index contributed by atoms with van der Waals surface area (Å²) in [5, 5.41) is 10.7. The van der Waals surface area contributed by atoms with Crippen LogP contribution in [0.4, 0.5) is 5.69 Å². The number of allylic oxidation sites excluding steroid dienone is 1. The molecule has 202 valence electrons. The number of benzene rings is 3. The lowest BCUT2D eigenvalue weighted by Crippen LogP contribution is -2.15. The number of sulfonamides is 1. The van der Waals surface area contributed by atoms with E-state index < -0.39 is 16.0 Å². The van der Waals surface area contributed by atoms with Crippen molar-refractivity contribution in [3.63, 3.8) is 0 Å². The van der Waals surface area contributed by atoms with Gasteiger partial charge in [0.1, 0.15) is 5.76 Å². The van der Waals surface area contributed by atoms with Gasteiger partial charge < -0.3 is 14.3 Å². The Hall–Kier alpha value is -4.37. The fraction of sp³-hybridized carbons (Fsp3) is 0.200. The SMILES string of the molecule is CCc1ccc(S(=O)(=O)Nc2ccc(C)c(/C=C(\O)Cc3nc(-c4ccccc4)oc3C)c2)cc1C(=O)OC. The first kappa shape index (κ1) is 27.7. The molecular formula is C30H30N2O6S. The van der Waals surface area contributed by atoms with Crippen LogP contribution in [0.5, 0.6) is 0 Å². The number of nitrogens with zero attached hydrogens (tertiary/aromatic N) is 1. The summed E-state index contributed by atoms with van der Waals surface area (Å²) in [5.74, 6) is 0.533. The maximum Gasteiger partial charge on any atom is 0.338 e. The number of ether oxygens (including phenoxy) is 1. The van der Waals surface area contributed by atoms with Crippen molar-refractivity contribution in [2.24, 2.45) is 0 Å². The highest BCUT2D eigenvalue weighted by molar-refractivity contribution is 7.92. The van der Waals surface area contributed by atoms with E-state index in [9.17, 15) is 18.3 Å². The van der Waals surface area contributed by atoms with E-state index in [1.54, 1.807) is 37.3 Å². The summed E-state index contributed by atoms with van der Waals surface area (Å²) in [6.45, 7) is 5.52. The molecule has 0 radical (unpaired) electrons. The van der Waals surface area contributed by atoms with E-state index in [1.807, 2.05) is 44.2 Å². The zero-order valence-electron chi connectivity index (χ0n) is 22.2. The zero-order valence-corrected chi connectivity index (χ0v) is 23.0. The Labute approximate surface area is 228 Å². The summed E-state index contributed by atoms with van der Waals surface area (Å²) in [6, 6.07) is 18.9. The Morgan fingerprint density at radius 1 is 1.08 bits per heavy atom. The molecule has 3 aromatic carbocycles. The summed E-state index contributed by atoms with van der Waals surface area (Å²) < 4.78 is 39.4. The maximum atomic E-state index is 13.1. The van der Waals surface area contributed by atoms with Gasteiger partial charge in [-0.3, -0.25) is 4.72 Å². The molecule has 0 saturated carbocycles. The molecule has 0 bridgehead atoms. The molecule has 0 aliphatic rings. The van der Waals surface area contributed by atoms with Crippen molar-refractivity contribution in [3.05, 3.63) is 106 Å². The van der Waals surface area contributed by atoms with Crippen molar-refractivity contribution in [2.75, 3.05) is 11.8 Å². The molecule has 0 unspecified atom stereocenters. The first-order chi connectivity index (χ1) is 18.6. The molecule has 0 saturated heterocycles. The van der Waals surface area contributed by atoms with Crippen LogP contribution in [0.3, 0.4) is 0 Å². The third-order valence-electron chi connectivity index (χ3n) is 6.29. The number of aliphatic hydroxyl groups excluding tert-OH is 1. The number of hydrogen-bond acceptors (Lipinski definition) is 7. The Morgan fingerprint density at radius 2 is 1.82 bits per heavy atom. The first-order valence-corrected chi connectivity index (χ1v) is 13.9. The number of aromatic nitrogens is 1. The van der Waals surface area contributed by atoms with Crippen LogP contribution in [0.15, 0.2) is 81.8 Å². The van der Waals surface area contributed by atoms with Crippen molar-refractivity contribution < 1.29 is 27.5 Å². The smallest absolute Gasteiger partial charge is 0.338 e. The minimum absolute atomic E-state index is 0.0481. The van der Waals surface area contributed by atoms with Crippen molar-refractivity contribution in [1.29, 1.82) is 0 Å². The van der Waals surface area contributed by atoms with Crippen LogP contribution in [0.2, 0.25) is 0 Å². The minimum Gasteiger partial charge on any atom is -0.512 e. The van der Waals surface area contributed by atoms with Crippen LogP contribution in [-0.4, -0.2) is 31.6 Å². The second kappa shape index (κ2) is 11.6. The van der Waals surface area contributed by atoms with Crippen LogP contribution >= 0.6 is 0 Å². The van der Waals surface area contributed by atoms with E-state index in [4.69, 9.17) is 9.15 Å². The monoisotopic (exact) mass is 546 g/mol. The van der Waals surface area contributed by atoms with E-state index in [2.05, 4.69) is 9.71 Å². The lowest BCUT2D eigenvalue weighted by Gasteiger charge is -2.13. The van der Waals surface area contributed by atoms with Crippen molar-refractivity contribution in [3.8, 4) is 11.5 Å². The van der Waals surface area contributed by atoms with E-state index in [-0.39, 0.29) is 22.6 Å². The zero-order chi connectivity index (χ0) is 28.2. The van der Waals surface area contributed by atoms with Crippen LogP contribution < -0.4 is 4.72 Å². The lowest BCUT2D eigenvalue weighted by atomic mass is 10.1.